The first-order chi connectivity index (χ1) is 12.2. The van der Waals surface area contributed by atoms with Crippen molar-refractivity contribution in [3.63, 3.8) is 0 Å². The van der Waals surface area contributed by atoms with E-state index in [2.05, 4.69) is 30.1 Å². The van der Waals surface area contributed by atoms with Crippen molar-refractivity contribution in [2.75, 3.05) is 44.2 Å². The Labute approximate surface area is 152 Å². The van der Waals surface area contributed by atoms with Gasteiger partial charge >= 0.3 is 0 Å². The number of hydrogen-bond acceptors (Lipinski definition) is 6. The highest BCUT2D eigenvalue weighted by atomic mass is 35.5. The summed E-state index contributed by atoms with van der Waals surface area (Å²) in [5, 5.41) is 3.24. The molecule has 8 heteroatoms. The van der Waals surface area contributed by atoms with Crippen LogP contribution in [0.25, 0.3) is 0 Å². The number of nitrogens with zero attached hydrogens (tertiary/aromatic N) is 5. The van der Waals surface area contributed by atoms with Crippen LogP contribution < -0.4 is 10.2 Å². The van der Waals surface area contributed by atoms with Crippen LogP contribution in [-0.4, -0.2) is 65.0 Å². The zero-order valence-electron chi connectivity index (χ0n) is 13.9. The number of aromatic nitrogens is 3. The number of halogens is 1. The van der Waals surface area contributed by atoms with Gasteiger partial charge < -0.3 is 10.2 Å². The minimum absolute atomic E-state index is 0.115. The Morgan fingerprint density at radius 3 is 2.60 bits per heavy atom. The Kier molecular flexibility index (Phi) is 6.14. The summed E-state index contributed by atoms with van der Waals surface area (Å²) in [5.41, 5.74) is 0.538. The molecule has 3 heterocycles. The van der Waals surface area contributed by atoms with E-state index in [1.807, 2.05) is 6.07 Å². The van der Waals surface area contributed by atoms with Gasteiger partial charge in [-0.1, -0.05) is 11.6 Å². The summed E-state index contributed by atoms with van der Waals surface area (Å²) in [5.74, 6) is 0.681. The predicted molar refractivity (Wildman–Crippen MR) is 96.9 cm³/mol. The van der Waals surface area contributed by atoms with Gasteiger partial charge in [-0.3, -0.25) is 9.69 Å². The summed E-state index contributed by atoms with van der Waals surface area (Å²) < 4.78 is 0. The Hall–Kier alpha value is -2.25. The molecular formula is C17H21ClN6O. The Balaban J connectivity index is 1.34. The lowest BCUT2D eigenvalue weighted by atomic mass is 10.2. The lowest BCUT2D eigenvalue weighted by Gasteiger charge is -2.34. The van der Waals surface area contributed by atoms with Crippen molar-refractivity contribution < 1.29 is 4.79 Å². The van der Waals surface area contributed by atoms with Crippen molar-refractivity contribution >= 4 is 23.5 Å². The third kappa shape index (κ3) is 5.11. The smallest absolute Gasteiger partial charge is 0.251 e. The molecule has 1 aliphatic heterocycles. The predicted octanol–water partition coefficient (Wildman–Crippen LogP) is 1.47. The average Bonchev–Trinajstić information content (AvgIpc) is 2.66. The monoisotopic (exact) mass is 360 g/mol. The van der Waals surface area contributed by atoms with Crippen molar-refractivity contribution in [1.82, 2.24) is 25.2 Å². The maximum Gasteiger partial charge on any atom is 0.251 e. The third-order valence-corrected chi connectivity index (χ3v) is 4.34. The first kappa shape index (κ1) is 17.6. The van der Waals surface area contributed by atoms with Gasteiger partial charge in [0.15, 0.2) is 0 Å². The van der Waals surface area contributed by atoms with Crippen LogP contribution in [0.1, 0.15) is 16.8 Å². The quantitative estimate of drug-likeness (QED) is 0.621. The molecule has 1 N–H and O–H groups in total. The summed E-state index contributed by atoms with van der Waals surface area (Å²) in [7, 11) is 0. The minimum atomic E-state index is -0.115. The van der Waals surface area contributed by atoms with Gasteiger partial charge in [0.05, 0.1) is 0 Å². The van der Waals surface area contributed by atoms with Crippen LogP contribution in [0.5, 0.6) is 0 Å². The molecule has 1 aliphatic rings. The standard InChI is InChI=1S/C17H21ClN6O/c18-15-13-14(3-7-19-15)16(25)20-6-2-8-23-9-11-24(12-10-23)17-21-4-1-5-22-17/h1,3-5,7,13H,2,6,8-12H2,(H,20,25). The molecule has 1 fully saturated rings. The van der Waals surface area contributed by atoms with Crippen molar-refractivity contribution in [2.24, 2.45) is 0 Å². The SMILES string of the molecule is O=C(NCCCN1CCN(c2ncccn2)CC1)c1ccnc(Cl)c1. The zero-order valence-corrected chi connectivity index (χ0v) is 14.7. The lowest BCUT2D eigenvalue weighted by molar-refractivity contribution is 0.0951. The first-order valence-corrected chi connectivity index (χ1v) is 8.74. The molecule has 132 valence electrons. The highest BCUT2D eigenvalue weighted by Crippen LogP contribution is 2.10. The third-order valence-electron chi connectivity index (χ3n) is 4.13. The molecule has 3 rings (SSSR count). The number of nitrogens with one attached hydrogen (secondary N) is 1. The fourth-order valence-electron chi connectivity index (χ4n) is 2.78. The Morgan fingerprint density at radius 2 is 1.88 bits per heavy atom. The average molecular weight is 361 g/mol. The molecule has 2 aromatic rings. The number of anilines is 1. The largest absolute Gasteiger partial charge is 0.352 e. The molecule has 0 atom stereocenters. The van der Waals surface area contributed by atoms with Crippen molar-refractivity contribution in [1.29, 1.82) is 0 Å². The van der Waals surface area contributed by atoms with E-state index in [1.54, 1.807) is 24.5 Å². The molecule has 0 radical (unpaired) electrons. The molecule has 0 saturated carbocycles. The minimum Gasteiger partial charge on any atom is -0.352 e. The van der Waals surface area contributed by atoms with Gasteiger partial charge in [0, 0.05) is 56.9 Å². The van der Waals surface area contributed by atoms with Crippen LogP contribution in [0.3, 0.4) is 0 Å². The Bertz CT molecular complexity index is 691. The van der Waals surface area contributed by atoms with E-state index in [0.717, 1.165) is 45.1 Å². The van der Waals surface area contributed by atoms with E-state index in [4.69, 9.17) is 11.6 Å². The number of carbonyl (C=O) groups is 1. The van der Waals surface area contributed by atoms with Crippen LogP contribution >= 0.6 is 11.6 Å². The van der Waals surface area contributed by atoms with Crippen molar-refractivity contribution in [3.05, 3.63) is 47.5 Å². The van der Waals surface area contributed by atoms with Crippen LogP contribution in [0.4, 0.5) is 5.95 Å². The number of piperazine rings is 1. The van der Waals surface area contributed by atoms with Gasteiger partial charge in [-0.25, -0.2) is 15.0 Å². The van der Waals surface area contributed by atoms with Gasteiger partial charge in [0.25, 0.3) is 5.91 Å². The molecule has 25 heavy (non-hydrogen) atoms. The van der Waals surface area contributed by atoms with E-state index < -0.39 is 0 Å². The molecule has 7 nitrogen and oxygen atoms in total. The summed E-state index contributed by atoms with van der Waals surface area (Å²) in [6.45, 7) is 5.40. The Morgan fingerprint density at radius 1 is 1.12 bits per heavy atom. The molecule has 0 spiro atoms. The van der Waals surface area contributed by atoms with Gasteiger partial charge in [-0.05, 0) is 31.2 Å². The van der Waals surface area contributed by atoms with Gasteiger partial charge in [0.1, 0.15) is 5.15 Å². The second-order valence-electron chi connectivity index (χ2n) is 5.85. The number of rotatable bonds is 6. The van der Waals surface area contributed by atoms with Gasteiger partial charge in [-0.15, -0.1) is 0 Å². The van der Waals surface area contributed by atoms with Crippen LogP contribution in [0.2, 0.25) is 5.15 Å². The number of pyridine rings is 1. The molecule has 0 aliphatic carbocycles. The summed E-state index contributed by atoms with van der Waals surface area (Å²) >= 11 is 5.80. The highest BCUT2D eigenvalue weighted by molar-refractivity contribution is 6.29. The zero-order chi connectivity index (χ0) is 17.5. The molecule has 1 saturated heterocycles. The van der Waals surface area contributed by atoms with Crippen LogP contribution in [-0.2, 0) is 0 Å². The number of amides is 1. The molecule has 0 aromatic carbocycles. The molecule has 2 aromatic heterocycles. The molecular weight excluding hydrogens is 340 g/mol. The molecule has 0 unspecified atom stereocenters. The maximum absolute atomic E-state index is 12.0. The normalized spacial score (nSPS) is 15.2. The summed E-state index contributed by atoms with van der Waals surface area (Å²) in [4.78, 5) is 29.1. The maximum atomic E-state index is 12.0. The summed E-state index contributed by atoms with van der Waals surface area (Å²) in [6.07, 6.45) is 5.99. The van der Waals surface area contributed by atoms with Gasteiger partial charge in [-0.2, -0.15) is 0 Å². The van der Waals surface area contributed by atoms with E-state index >= 15 is 0 Å². The first-order valence-electron chi connectivity index (χ1n) is 8.36. The van der Waals surface area contributed by atoms with Crippen LogP contribution in [0.15, 0.2) is 36.8 Å². The van der Waals surface area contributed by atoms with E-state index in [1.165, 1.54) is 6.20 Å². The van der Waals surface area contributed by atoms with E-state index in [9.17, 15) is 4.79 Å². The second-order valence-corrected chi connectivity index (χ2v) is 6.24. The molecule has 1 amide bonds. The lowest BCUT2D eigenvalue weighted by Crippen LogP contribution is -2.47. The fourth-order valence-corrected chi connectivity index (χ4v) is 2.95. The number of hydrogen-bond donors (Lipinski definition) is 1. The molecule has 0 bridgehead atoms. The topological polar surface area (TPSA) is 74.2 Å². The van der Waals surface area contributed by atoms with Crippen molar-refractivity contribution in [3.8, 4) is 0 Å². The van der Waals surface area contributed by atoms with E-state index in [-0.39, 0.29) is 5.91 Å². The van der Waals surface area contributed by atoms with Gasteiger partial charge in [0.2, 0.25) is 5.95 Å². The summed E-state index contributed by atoms with van der Waals surface area (Å²) in [6, 6.07) is 5.06. The highest BCUT2D eigenvalue weighted by Gasteiger charge is 2.18. The fraction of sp³-hybridized carbons (Fsp3) is 0.412. The van der Waals surface area contributed by atoms with Crippen molar-refractivity contribution in [2.45, 2.75) is 6.42 Å². The van der Waals surface area contributed by atoms with E-state index in [0.29, 0.717) is 17.3 Å². The second kappa shape index (κ2) is 8.73. The van der Waals surface area contributed by atoms with Crippen LogP contribution in [0, 0.1) is 0 Å². The number of carbonyl (C=O) groups excluding carboxylic acids is 1.